The summed E-state index contributed by atoms with van der Waals surface area (Å²) >= 11 is 1.04. The van der Waals surface area contributed by atoms with Crippen LogP contribution in [0.25, 0.3) is 0 Å². The van der Waals surface area contributed by atoms with E-state index in [1.54, 1.807) is 41.8 Å². The van der Waals surface area contributed by atoms with Gasteiger partial charge in [0.05, 0.1) is 6.54 Å². The molecule has 1 heterocycles. The Balaban J connectivity index is 1.97. The van der Waals surface area contributed by atoms with Crippen LogP contribution in [0, 0.1) is 0 Å². The number of rotatable bonds is 8. The molecule has 1 amide bonds. The molecular formula is C16H18N2O5S2. The lowest BCUT2D eigenvalue weighted by atomic mass is 9.82. The van der Waals surface area contributed by atoms with Crippen molar-refractivity contribution in [2.24, 2.45) is 0 Å². The van der Waals surface area contributed by atoms with Gasteiger partial charge in [-0.3, -0.25) is 9.59 Å². The second-order valence-electron chi connectivity index (χ2n) is 5.54. The fourth-order valence-electron chi connectivity index (χ4n) is 2.09. The van der Waals surface area contributed by atoms with E-state index in [-0.39, 0.29) is 10.8 Å². The summed E-state index contributed by atoms with van der Waals surface area (Å²) in [6.07, 6.45) is 0. The molecule has 2 rings (SSSR count). The van der Waals surface area contributed by atoms with Gasteiger partial charge in [-0.2, -0.15) is 0 Å². The van der Waals surface area contributed by atoms with Gasteiger partial charge >= 0.3 is 5.97 Å². The molecule has 1 atom stereocenters. The van der Waals surface area contributed by atoms with Crippen molar-refractivity contribution in [1.29, 1.82) is 0 Å². The van der Waals surface area contributed by atoms with E-state index < -0.39 is 33.9 Å². The number of carboxylic acids is 1. The Kier molecular flexibility index (Phi) is 5.93. The summed E-state index contributed by atoms with van der Waals surface area (Å²) in [4.78, 5) is 23.6. The van der Waals surface area contributed by atoms with E-state index in [1.807, 2.05) is 0 Å². The molecule has 1 aromatic carbocycles. The fourth-order valence-corrected chi connectivity index (χ4v) is 4.11. The first-order valence-corrected chi connectivity index (χ1v) is 9.71. The summed E-state index contributed by atoms with van der Waals surface area (Å²) in [5.74, 6) is -1.69. The molecule has 25 heavy (non-hydrogen) atoms. The molecule has 0 saturated carbocycles. The van der Waals surface area contributed by atoms with Crippen LogP contribution >= 0.6 is 11.3 Å². The molecule has 1 unspecified atom stereocenters. The number of hydrogen-bond acceptors (Lipinski definition) is 5. The third kappa shape index (κ3) is 4.65. The van der Waals surface area contributed by atoms with E-state index in [0.29, 0.717) is 5.56 Å². The number of amides is 1. The van der Waals surface area contributed by atoms with Crippen LogP contribution in [0.5, 0.6) is 0 Å². The Morgan fingerprint density at radius 2 is 1.84 bits per heavy atom. The van der Waals surface area contributed by atoms with Gasteiger partial charge in [0.15, 0.2) is 0 Å². The van der Waals surface area contributed by atoms with Crippen LogP contribution in [0.2, 0.25) is 0 Å². The van der Waals surface area contributed by atoms with Crippen LogP contribution in [0.15, 0.2) is 52.1 Å². The predicted molar refractivity (Wildman–Crippen MR) is 93.9 cm³/mol. The number of carboxylic acid groups (broad SMARTS) is 1. The summed E-state index contributed by atoms with van der Waals surface area (Å²) in [5, 5.41) is 13.6. The minimum Gasteiger partial charge on any atom is -0.481 e. The average molecular weight is 382 g/mol. The van der Waals surface area contributed by atoms with Crippen LogP contribution < -0.4 is 10.0 Å². The molecule has 0 spiro atoms. The van der Waals surface area contributed by atoms with Gasteiger partial charge in [0.25, 0.3) is 10.0 Å². The van der Waals surface area contributed by atoms with E-state index >= 15 is 0 Å². The highest BCUT2D eigenvalue weighted by atomic mass is 32.2. The number of benzene rings is 1. The maximum atomic E-state index is 12.0. The monoisotopic (exact) mass is 382 g/mol. The summed E-state index contributed by atoms with van der Waals surface area (Å²) in [7, 11) is -3.74. The molecule has 0 aliphatic rings. The molecule has 0 aliphatic heterocycles. The van der Waals surface area contributed by atoms with E-state index in [9.17, 15) is 23.1 Å². The van der Waals surface area contributed by atoms with E-state index in [2.05, 4.69) is 10.0 Å². The Bertz CT molecular complexity index is 835. The first kappa shape index (κ1) is 19.1. The maximum Gasteiger partial charge on any atom is 0.315 e. The third-order valence-corrected chi connectivity index (χ3v) is 6.50. The van der Waals surface area contributed by atoms with E-state index in [0.717, 1.165) is 11.3 Å². The second-order valence-corrected chi connectivity index (χ2v) is 8.48. The number of sulfonamides is 1. The molecule has 0 saturated heterocycles. The average Bonchev–Trinajstić information content (AvgIpc) is 3.14. The molecule has 9 heteroatoms. The maximum absolute atomic E-state index is 12.0. The number of thiophene rings is 1. The predicted octanol–water partition coefficient (Wildman–Crippen LogP) is 1.19. The Hall–Kier alpha value is -2.23. The topological polar surface area (TPSA) is 113 Å². The van der Waals surface area contributed by atoms with Crippen LogP contribution in [-0.2, 0) is 25.0 Å². The van der Waals surface area contributed by atoms with Crippen LogP contribution in [0.1, 0.15) is 12.5 Å². The van der Waals surface area contributed by atoms with Crippen LogP contribution in [0.3, 0.4) is 0 Å². The number of hydrogen-bond donors (Lipinski definition) is 3. The van der Waals surface area contributed by atoms with Crippen molar-refractivity contribution in [1.82, 2.24) is 10.0 Å². The zero-order chi connectivity index (χ0) is 18.5. The van der Waals surface area contributed by atoms with Crippen molar-refractivity contribution >= 4 is 33.2 Å². The number of carbonyl (C=O) groups is 2. The molecule has 0 radical (unpaired) electrons. The molecule has 0 bridgehead atoms. The lowest BCUT2D eigenvalue weighted by Gasteiger charge is -2.25. The van der Waals surface area contributed by atoms with Gasteiger partial charge < -0.3 is 10.4 Å². The van der Waals surface area contributed by atoms with Crippen molar-refractivity contribution in [3.63, 3.8) is 0 Å². The quantitative estimate of drug-likeness (QED) is 0.635. The van der Waals surface area contributed by atoms with Crippen molar-refractivity contribution in [3.8, 4) is 0 Å². The minimum atomic E-state index is -3.74. The molecule has 1 aromatic heterocycles. The van der Waals surface area contributed by atoms with Gasteiger partial charge in [0.1, 0.15) is 9.62 Å². The highest BCUT2D eigenvalue weighted by Gasteiger charge is 2.35. The molecular weight excluding hydrogens is 364 g/mol. The summed E-state index contributed by atoms with van der Waals surface area (Å²) in [6.45, 7) is 0.872. The SMILES string of the molecule is CC(CNC(=O)CNS(=O)(=O)c1cccs1)(C(=O)O)c1ccccc1. The summed E-state index contributed by atoms with van der Waals surface area (Å²) in [5.41, 5.74) is -0.772. The van der Waals surface area contributed by atoms with Gasteiger partial charge in [0.2, 0.25) is 5.91 Å². The third-order valence-electron chi connectivity index (χ3n) is 3.70. The van der Waals surface area contributed by atoms with Crippen molar-refractivity contribution in [2.45, 2.75) is 16.5 Å². The van der Waals surface area contributed by atoms with E-state index in [4.69, 9.17) is 0 Å². The first-order chi connectivity index (χ1) is 11.8. The Morgan fingerprint density at radius 1 is 1.16 bits per heavy atom. The van der Waals surface area contributed by atoms with Crippen LogP contribution in [0.4, 0.5) is 0 Å². The van der Waals surface area contributed by atoms with Gasteiger partial charge in [-0.05, 0) is 23.9 Å². The molecule has 134 valence electrons. The van der Waals surface area contributed by atoms with Crippen LogP contribution in [-0.4, -0.2) is 38.5 Å². The van der Waals surface area contributed by atoms with Crippen molar-refractivity contribution in [2.75, 3.05) is 13.1 Å². The normalized spacial score (nSPS) is 13.8. The van der Waals surface area contributed by atoms with Gasteiger partial charge in [-0.1, -0.05) is 36.4 Å². The largest absolute Gasteiger partial charge is 0.481 e. The van der Waals surface area contributed by atoms with E-state index in [1.165, 1.54) is 13.0 Å². The lowest BCUT2D eigenvalue weighted by molar-refractivity contribution is -0.143. The van der Waals surface area contributed by atoms with Crippen molar-refractivity contribution in [3.05, 3.63) is 53.4 Å². The van der Waals surface area contributed by atoms with Gasteiger partial charge in [0, 0.05) is 6.54 Å². The molecule has 3 N–H and O–H groups in total. The molecule has 7 nitrogen and oxygen atoms in total. The number of aliphatic carboxylic acids is 1. The lowest BCUT2D eigenvalue weighted by Crippen LogP contribution is -2.46. The fraction of sp³-hybridized carbons (Fsp3) is 0.250. The smallest absolute Gasteiger partial charge is 0.315 e. The Labute approximate surface area is 149 Å². The molecule has 2 aromatic rings. The minimum absolute atomic E-state index is 0.111. The summed E-state index contributed by atoms with van der Waals surface area (Å²) < 4.78 is 26.2. The molecule has 0 aliphatic carbocycles. The van der Waals surface area contributed by atoms with Crippen molar-refractivity contribution < 1.29 is 23.1 Å². The highest BCUT2D eigenvalue weighted by Crippen LogP contribution is 2.23. The number of carbonyl (C=O) groups excluding carboxylic acids is 1. The zero-order valence-corrected chi connectivity index (χ0v) is 15.1. The zero-order valence-electron chi connectivity index (χ0n) is 13.4. The highest BCUT2D eigenvalue weighted by molar-refractivity contribution is 7.91. The molecule has 0 fully saturated rings. The van der Waals surface area contributed by atoms with Gasteiger partial charge in [-0.25, -0.2) is 13.1 Å². The van der Waals surface area contributed by atoms with Gasteiger partial charge in [-0.15, -0.1) is 11.3 Å². The Morgan fingerprint density at radius 3 is 2.40 bits per heavy atom. The second kappa shape index (κ2) is 7.77. The number of nitrogens with one attached hydrogen (secondary N) is 2. The standard InChI is InChI=1S/C16H18N2O5S2/c1-16(15(20)21,12-6-3-2-4-7-12)11-17-13(19)10-18-25(22,23)14-8-5-9-24-14/h2-9,18H,10-11H2,1H3,(H,17,19)(H,20,21). The first-order valence-electron chi connectivity index (χ1n) is 7.34. The summed E-state index contributed by atoms with van der Waals surface area (Å²) in [6, 6.07) is 11.6.